The highest BCUT2D eigenvalue weighted by Gasteiger charge is 2.21. The van der Waals surface area contributed by atoms with E-state index < -0.39 is 0 Å². The number of benzene rings is 1. The fraction of sp³-hybridized carbons (Fsp3) is 0.611. The highest BCUT2D eigenvalue weighted by Crippen LogP contribution is 2.26. The predicted octanol–water partition coefficient (Wildman–Crippen LogP) is 4.34. The minimum Gasteiger partial charge on any atom is -0.382 e. The summed E-state index contributed by atoms with van der Waals surface area (Å²) >= 11 is 0. The van der Waals surface area contributed by atoms with Crippen LogP contribution < -0.4 is 10.2 Å². The number of nitrogens with one attached hydrogen (secondary N) is 1. The molecule has 2 aliphatic rings. The van der Waals surface area contributed by atoms with Crippen LogP contribution in [0.1, 0.15) is 57.8 Å². The largest absolute Gasteiger partial charge is 0.382 e. The van der Waals surface area contributed by atoms with Crippen LogP contribution in [0.4, 0.5) is 11.4 Å². The Balaban J connectivity index is 1.66. The Labute approximate surface area is 127 Å². The molecule has 3 nitrogen and oxygen atoms in total. The molecule has 1 N–H and O–H groups in total. The van der Waals surface area contributed by atoms with Crippen LogP contribution in [-0.2, 0) is 4.79 Å². The summed E-state index contributed by atoms with van der Waals surface area (Å²) in [6.07, 6.45) is 11.0. The molecule has 3 rings (SSSR count). The molecule has 0 spiro atoms. The fourth-order valence-corrected chi connectivity index (χ4v) is 3.52. The average molecular weight is 286 g/mol. The van der Waals surface area contributed by atoms with Gasteiger partial charge in [0.05, 0.1) is 0 Å². The number of nitrogens with zero attached hydrogens (tertiary/aromatic N) is 1. The average Bonchev–Trinajstić information content (AvgIpc) is 2.88. The second-order valence-electron chi connectivity index (χ2n) is 6.39. The van der Waals surface area contributed by atoms with Crippen molar-refractivity contribution >= 4 is 17.3 Å². The molecule has 1 heterocycles. The first-order valence-corrected chi connectivity index (χ1v) is 8.50. The van der Waals surface area contributed by atoms with Crippen LogP contribution in [0, 0.1) is 0 Å². The molecular formula is C18H26N2O. The van der Waals surface area contributed by atoms with Gasteiger partial charge in [-0.2, -0.15) is 0 Å². The van der Waals surface area contributed by atoms with Gasteiger partial charge in [-0.1, -0.05) is 38.2 Å². The van der Waals surface area contributed by atoms with Crippen LogP contribution in [0.3, 0.4) is 0 Å². The van der Waals surface area contributed by atoms with E-state index in [1.54, 1.807) is 0 Å². The molecule has 0 radical (unpaired) electrons. The Bertz CT molecular complexity index is 478. The molecule has 1 saturated carbocycles. The summed E-state index contributed by atoms with van der Waals surface area (Å²) in [4.78, 5) is 13.8. The number of hydrogen-bond acceptors (Lipinski definition) is 2. The third kappa shape index (κ3) is 3.78. The van der Waals surface area contributed by atoms with Gasteiger partial charge in [-0.3, -0.25) is 4.79 Å². The molecule has 3 heteroatoms. The van der Waals surface area contributed by atoms with Crippen molar-refractivity contribution in [2.45, 2.75) is 63.8 Å². The summed E-state index contributed by atoms with van der Waals surface area (Å²) in [5.74, 6) is 0.262. The van der Waals surface area contributed by atoms with E-state index in [-0.39, 0.29) is 5.91 Å². The van der Waals surface area contributed by atoms with E-state index >= 15 is 0 Å². The lowest BCUT2D eigenvalue weighted by Gasteiger charge is -2.23. The first-order chi connectivity index (χ1) is 10.3. The topological polar surface area (TPSA) is 32.3 Å². The van der Waals surface area contributed by atoms with Gasteiger partial charge in [0.1, 0.15) is 0 Å². The molecule has 114 valence electrons. The summed E-state index contributed by atoms with van der Waals surface area (Å²) in [7, 11) is 0. The van der Waals surface area contributed by atoms with Crippen molar-refractivity contribution in [3.05, 3.63) is 24.3 Å². The lowest BCUT2D eigenvalue weighted by atomic mass is 9.96. The Hall–Kier alpha value is -1.51. The standard InChI is InChI=1S/C18H26N2O/c21-18-12-7-13-20(18)17-11-6-10-16(14-17)19-15-8-4-2-1-3-5-9-15/h6,10-11,14-15,19H,1-5,7-9,12-13H2. The Morgan fingerprint density at radius 3 is 2.48 bits per heavy atom. The van der Waals surface area contributed by atoms with E-state index in [0.29, 0.717) is 12.5 Å². The number of rotatable bonds is 3. The Kier molecular flexibility index (Phi) is 4.79. The Morgan fingerprint density at radius 2 is 1.76 bits per heavy atom. The summed E-state index contributed by atoms with van der Waals surface area (Å²) in [6.45, 7) is 0.867. The normalized spacial score (nSPS) is 21.1. The molecule has 1 aromatic carbocycles. The lowest BCUT2D eigenvalue weighted by Crippen LogP contribution is -2.24. The minimum atomic E-state index is 0.262. The number of amides is 1. The maximum absolute atomic E-state index is 11.9. The number of hydrogen-bond donors (Lipinski definition) is 1. The summed E-state index contributed by atoms with van der Waals surface area (Å²) in [5.41, 5.74) is 2.21. The summed E-state index contributed by atoms with van der Waals surface area (Å²) in [5, 5.41) is 3.69. The molecule has 1 aliphatic heterocycles. The van der Waals surface area contributed by atoms with Crippen LogP contribution in [0.2, 0.25) is 0 Å². The molecule has 0 aromatic heterocycles. The predicted molar refractivity (Wildman–Crippen MR) is 87.8 cm³/mol. The molecule has 0 unspecified atom stereocenters. The van der Waals surface area contributed by atoms with Crippen molar-refractivity contribution in [1.29, 1.82) is 0 Å². The first-order valence-electron chi connectivity index (χ1n) is 8.50. The van der Waals surface area contributed by atoms with Gasteiger partial charge in [0, 0.05) is 30.4 Å². The van der Waals surface area contributed by atoms with Crippen molar-refractivity contribution < 1.29 is 4.79 Å². The van der Waals surface area contributed by atoms with Crippen molar-refractivity contribution in [3.63, 3.8) is 0 Å². The molecular weight excluding hydrogens is 260 g/mol. The molecule has 0 bridgehead atoms. The van der Waals surface area contributed by atoms with Crippen LogP contribution in [0.5, 0.6) is 0 Å². The number of carbonyl (C=O) groups is 1. The van der Waals surface area contributed by atoms with Gasteiger partial charge in [-0.15, -0.1) is 0 Å². The van der Waals surface area contributed by atoms with Crippen molar-refractivity contribution in [3.8, 4) is 0 Å². The van der Waals surface area contributed by atoms with Gasteiger partial charge in [0.2, 0.25) is 5.91 Å². The zero-order valence-electron chi connectivity index (χ0n) is 12.8. The van der Waals surface area contributed by atoms with Crippen LogP contribution in [0.25, 0.3) is 0 Å². The minimum absolute atomic E-state index is 0.262. The first kappa shape index (κ1) is 14.4. The smallest absolute Gasteiger partial charge is 0.227 e. The van der Waals surface area contributed by atoms with Crippen LogP contribution in [-0.4, -0.2) is 18.5 Å². The van der Waals surface area contributed by atoms with Crippen molar-refractivity contribution in [1.82, 2.24) is 0 Å². The van der Waals surface area contributed by atoms with Gasteiger partial charge in [0.25, 0.3) is 0 Å². The highest BCUT2D eigenvalue weighted by molar-refractivity contribution is 5.95. The molecule has 0 atom stereocenters. The fourth-order valence-electron chi connectivity index (χ4n) is 3.52. The van der Waals surface area contributed by atoms with Crippen LogP contribution >= 0.6 is 0 Å². The van der Waals surface area contributed by atoms with E-state index in [0.717, 1.165) is 24.3 Å². The van der Waals surface area contributed by atoms with Gasteiger partial charge < -0.3 is 10.2 Å². The van der Waals surface area contributed by atoms with E-state index in [4.69, 9.17) is 0 Å². The molecule has 1 saturated heterocycles. The van der Waals surface area contributed by atoms with Gasteiger partial charge in [-0.25, -0.2) is 0 Å². The zero-order chi connectivity index (χ0) is 14.5. The van der Waals surface area contributed by atoms with E-state index in [1.165, 1.54) is 44.9 Å². The lowest BCUT2D eigenvalue weighted by molar-refractivity contribution is -0.117. The maximum atomic E-state index is 11.9. The monoisotopic (exact) mass is 286 g/mol. The van der Waals surface area contributed by atoms with E-state index in [2.05, 4.69) is 23.5 Å². The number of anilines is 2. The summed E-state index contributed by atoms with van der Waals surface area (Å²) in [6, 6.07) is 8.97. The molecule has 21 heavy (non-hydrogen) atoms. The number of carbonyl (C=O) groups excluding carboxylic acids is 1. The van der Waals surface area contributed by atoms with Crippen molar-refractivity contribution in [2.75, 3.05) is 16.8 Å². The second-order valence-corrected chi connectivity index (χ2v) is 6.39. The molecule has 2 fully saturated rings. The summed E-state index contributed by atoms with van der Waals surface area (Å²) < 4.78 is 0. The van der Waals surface area contributed by atoms with Gasteiger partial charge in [0.15, 0.2) is 0 Å². The third-order valence-corrected chi connectivity index (χ3v) is 4.71. The SMILES string of the molecule is O=C1CCCN1c1cccc(NC2CCCCCCC2)c1. The van der Waals surface area contributed by atoms with E-state index in [1.807, 2.05) is 11.0 Å². The molecule has 1 amide bonds. The van der Waals surface area contributed by atoms with Crippen LogP contribution in [0.15, 0.2) is 24.3 Å². The zero-order valence-corrected chi connectivity index (χ0v) is 12.8. The quantitative estimate of drug-likeness (QED) is 0.896. The van der Waals surface area contributed by atoms with Gasteiger partial charge >= 0.3 is 0 Å². The van der Waals surface area contributed by atoms with Crippen molar-refractivity contribution in [2.24, 2.45) is 0 Å². The highest BCUT2D eigenvalue weighted by atomic mass is 16.2. The third-order valence-electron chi connectivity index (χ3n) is 4.71. The second kappa shape index (κ2) is 6.97. The van der Waals surface area contributed by atoms with E-state index in [9.17, 15) is 4.79 Å². The van der Waals surface area contributed by atoms with Gasteiger partial charge in [-0.05, 0) is 37.5 Å². The Morgan fingerprint density at radius 1 is 1.00 bits per heavy atom. The molecule has 1 aliphatic carbocycles. The molecule has 1 aromatic rings. The maximum Gasteiger partial charge on any atom is 0.227 e.